The van der Waals surface area contributed by atoms with Crippen molar-refractivity contribution in [1.29, 1.82) is 0 Å². The summed E-state index contributed by atoms with van der Waals surface area (Å²) in [6.45, 7) is 7.28. The predicted octanol–water partition coefficient (Wildman–Crippen LogP) is 4.51. The first-order chi connectivity index (χ1) is 10.6. The fourth-order valence-electron chi connectivity index (χ4n) is 2.66. The molecule has 0 aliphatic rings. The van der Waals surface area contributed by atoms with E-state index in [1.807, 2.05) is 18.9 Å². The highest BCUT2D eigenvalue weighted by molar-refractivity contribution is 5.47. The van der Waals surface area contributed by atoms with Crippen molar-refractivity contribution < 1.29 is 0 Å². The summed E-state index contributed by atoms with van der Waals surface area (Å²) >= 11 is 0. The minimum atomic E-state index is 0.658. The molecule has 4 heteroatoms. The van der Waals surface area contributed by atoms with Gasteiger partial charge in [-0.05, 0) is 26.7 Å². The van der Waals surface area contributed by atoms with Crippen LogP contribution in [-0.2, 0) is 6.42 Å². The van der Waals surface area contributed by atoms with Gasteiger partial charge in [-0.1, -0.05) is 51.9 Å². The Kier molecular flexibility index (Phi) is 8.86. The molecule has 0 radical (unpaired) electrons. The SMILES string of the molecule is CCCCCCCCCCc1c(C)nc(N(C)CC)nc1N. The molecule has 0 aliphatic carbocycles. The Morgan fingerprint density at radius 2 is 1.50 bits per heavy atom. The molecule has 1 aromatic heterocycles. The molecule has 0 aromatic carbocycles. The van der Waals surface area contributed by atoms with Gasteiger partial charge in [-0.15, -0.1) is 0 Å². The zero-order valence-electron chi connectivity index (χ0n) is 15.0. The molecule has 0 amide bonds. The van der Waals surface area contributed by atoms with E-state index in [1.54, 1.807) is 0 Å². The number of anilines is 2. The quantitative estimate of drug-likeness (QED) is 0.611. The number of rotatable bonds is 11. The van der Waals surface area contributed by atoms with Crippen molar-refractivity contribution in [2.75, 3.05) is 24.2 Å². The van der Waals surface area contributed by atoms with Crippen LogP contribution < -0.4 is 10.6 Å². The third kappa shape index (κ3) is 6.20. The molecule has 126 valence electrons. The average Bonchev–Trinajstić information content (AvgIpc) is 2.51. The Bertz CT molecular complexity index is 408. The smallest absolute Gasteiger partial charge is 0.227 e. The molecule has 22 heavy (non-hydrogen) atoms. The second-order valence-electron chi connectivity index (χ2n) is 6.21. The van der Waals surface area contributed by atoms with E-state index in [-0.39, 0.29) is 0 Å². The van der Waals surface area contributed by atoms with Crippen LogP contribution in [0, 0.1) is 6.92 Å². The molecule has 0 spiro atoms. The number of nitrogens with zero attached hydrogens (tertiary/aromatic N) is 3. The molecule has 1 heterocycles. The largest absolute Gasteiger partial charge is 0.383 e. The molecule has 0 aliphatic heterocycles. The lowest BCUT2D eigenvalue weighted by atomic mass is 10.0. The van der Waals surface area contributed by atoms with Crippen LogP contribution in [0.1, 0.15) is 76.5 Å². The minimum absolute atomic E-state index is 0.658. The van der Waals surface area contributed by atoms with Crippen LogP contribution in [0.2, 0.25) is 0 Å². The summed E-state index contributed by atoms with van der Waals surface area (Å²) in [6.07, 6.45) is 11.6. The molecule has 0 saturated heterocycles. The summed E-state index contributed by atoms with van der Waals surface area (Å²) < 4.78 is 0. The zero-order valence-corrected chi connectivity index (χ0v) is 15.0. The van der Waals surface area contributed by atoms with E-state index < -0.39 is 0 Å². The van der Waals surface area contributed by atoms with Crippen LogP contribution in [0.5, 0.6) is 0 Å². The normalized spacial score (nSPS) is 10.9. The fourth-order valence-corrected chi connectivity index (χ4v) is 2.66. The standard InChI is InChI=1S/C18H34N4/c1-5-7-8-9-10-11-12-13-14-16-15(3)20-18(21-17(16)19)22(4)6-2/h5-14H2,1-4H3,(H2,19,20,21). The van der Waals surface area contributed by atoms with Crippen molar-refractivity contribution in [3.63, 3.8) is 0 Å². The Hall–Kier alpha value is -1.32. The highest BCUT2D eigenvalue weighted by Crippen LogP contribution is 2.20. The van der Waals surface area contributed by atoms with E-state index in [4.69, 9.17) is 5.73 Å². The zero-order chi connectivity index (χ0) is 16.4. The van der Waals surface area contributed by atoms with Gasteiger partial charge in [0, 0.05) is 24.8 Å². The van der Waals surface area contributed by atoms with Crippen molar-refractivity contribution in [1.82, 2.24) is 9.97 Å². The van der Waals surface area contributed by atoms with Crippen LogP contribution in [0.3, 0.4) is 0 Å². The van der Waals surface area contributed by atoms with Crippen molar-refractivity contribution >= 4 is 11.8 Å². The van der Waals surface area contributed by atoms with Crippen molar-refractivity contribution in [2.45, 2.75) is 78.6 Å². The summed E-state index contributed by atoms with van der Waals surface area (Å²) in [7, 11) is 1.99. The molecule has 0 bridgehead atoms. The Morgan fingerprint density at radius 1 is 0.909 bits per heavy atom. The summed E-state index contributed by atoms with van der Waals surface area (Å²) in [5.74, 6) is 1.39. The number of nitrogens with two attached hydrogens (primary N) is 1. The Balaban J connectivity index is 2.37. The van der Waals surface area contributed by atoms with Gasteiger partial charge >= 0.3 is 0 Å². The number of nitrogen functional groups attached to an aromatic ring is 1. The van der Waals surface area contributed by atoms with Gasteiger partial charge in [0.05, 0.1) is 0 Å². The fraction of sp³-hybridized carbons (Fsp3) is 0.778. The second kappa shape index (κ2) is 10.4. The summed E-state index contributed by atoms with van der Waals surface area (Å²) in [4.78, 5) is 11.1. The van der Waals surface area contributed by atoms with Crippen LogP contribution in [0.4, 0.5) is 11.8 Å². The lowest BCUT2D eigenvalue weighted by Crippen LogP contribution is -2.20. The molecule has 0 fully saturated rings. The van der Waals surface area contributed by atoms with Gasteiger partial charge in [-0.25, -0.2) is 4.98 Å². The van der Waals surface area contributed by atoms with Gasteiger partial charge < -0.3 is 10.6 Å². The number of unbranched alkanes of at least 4 members (excludes halogenated alkanes) is 7. The second-order valence-corrected chi connectivity index (χ2v) is 6.21. The molecule has 1 aromatic rings. The van der Waals surface area contributed by atoms with Crippen LogP contribution in [-0.4, -0.2) is 23.6 Å². The van der Waals surface area contributed by atoms with Crippen LogP contribution >= 0.6 is 0 Å². The van der Waals surface area contributed by atoms with E-state index in [1.165, 1.54) is 51.4 Å². The molecule has 4 nitrogen and oxygen atoms in total. The third-order valence-corrected chi connectivity index (χ3v) is 4.33. The number of hydrogen-bond acceptors (Lipinski definition) is 4. The summed E-state index contributed by atoms with van der Waals surface area (Å²) in [5, 5.41) is 0. The minimum Gasteiger partial charge on any atom is -0.383 e. The highest BCUT2D eigenvalue weighted by atomic mass is 15.2. The van der Waals surface area contributed by atoms with Crippen molar-refractivity contribution in [3.05, 3.63) is 11.3 Å². The number of hydrogen-bond donors (Lipinski definition) is 1. The first-order valence-electron chi connectivity index (χ1n) is 8.94. The van der Waals surface area contributed by atoms with Gasteiger partial charge in [-0.2, -0.15) is 4.98 Å². The van der Waals surface area contributed by atoms with Gasteiger partial charge in [0.15, 0.2) is 0 Å². The lowest BCUT2D eigenvalue weighted by Gasteiger charge is -2.17. The Morgan fingerprint density at radius 3 is 2.05 bits per heavy atom. The molecular weight excluding hydrogens is 272 g/mol. The van der Waals surface area contributed by atoms with Crippen LogP contribution in [0.25, 0.3) is 0 Å². The molecule has 0 unspecified atom stereocenters. The summed E-state index contributed by atoms with van der Waals surface area (Å²) in [6, 6.07) is 0. The van der Waals surface area contributed by atoms with Gasteiger partial charge in [0.2, 0.25) is 5.95 Å². The predicted molar refractivity (Wildman–Crippen MR) is 96.4 cm³/mol. The maximum atomic E-state index is 6.13. The number of aromatic nitrogens is 2. The summed E-state index contributed by atoms with van der Waals surface area (Å²) in [5.41, 5.74) is 8.30. The highest BCUT2D eigenvalue weighted by Gasteiger charge is 2.11. The van der Waals surface area contributed by atoms with Crippen LogP contribution in [0.15, 0.2) is 0 Å². The van der Waals surface area contributed by atoms with E-state index in [0.717, 1.165) is 30.2 Å². The number of aryl methyl sites for hydroxylation is 1. The van der Waals surface area contributed by atoms with E-state index in [9.17, 15) is 0 Å². The van der Waals surface area contributed by atoms with Gasteiger partial charge in [0.1, 0.15) is 5.82 Å². The first-order valence-corrected chi connectivity index (χ1v) is 8.94. The third-order valence-electron chi connectivity index (χ3n) is 4.33. The van der Waals surface area contributed by atoms with Crippen molar-refractivity contribution in [3.8, 4) is 0 Å². The molecule has 2 N–H and O–H groups in total. The van der Waals surface area contributed by atoms with Crippen molar-refractivity contribution in [2.24, 2.45) is 0 Å². The molecule has 0 atom stereocenters. The maximum absolute atomic E-state index is 6.13. The first kappa shape index (κ1) is 18.7. The van der Waals surface area contributed by atoms with E-state index >= 15 is 0 Å². The topological polar surface area (TPSA) is 55.0 Å². The van der Waals surface area contributed by atoms with Gasteiger partial charge in [-0.3, -0.25) is 0 Å². The molecule has 0 saturated carbocycles. The average molecular weight is 306 g/mol. The van der Waals surface area contributed by atoms with E-state index in [0.29, 0.717) is 5.82 Å². The maximum Gasteiger partial charge on any atom is 0.227 e. The Labute approximate surface area is 136 Å². The molecule has 1 rings (SSSR count). The van der Waals surface area contributed by atoms with Gasteiger partial charge in [0.25, 0.3) is 0 Å². The lowest BCUT2D eigenvalue weighted by molar-refractivity contribution is 0.575. The monoisotopic (exact) mass is 306 g/mol. The molecular formula is C18H34N4. The van der Waals surface area contributed by atoms with E-state index in [2.05, 4.69) is 23.8 Å².